The third kappa shape index (κ3) is 3.40. The molecule has 0 aromatic carbocycles. The quantitative estimate of drug-likeness (QED) is 0.589. The van der Waals surface area contributed by atoms with Crippen molar-refractivity contribution in [3.63, 3.8) is 0 Å². The van der Waals surface area contributed by atoms with Gasteiger partial charge in [0.2, 0.25) is 0 Å². The van der Waals surface area contributed by atoms with Gasteiger partial charge in [0, 0.05) is 6.08 Å². The monoisotopic (exact) mass is 320 g/mol. The van der Waals surface area contributed by atoms with E-state index >= 15 is 0 Å². The maximum atomic E-state index is 10.8. The van der Waals surface area contributed by atoms with E-state index in [1.54, 1.807) is 0 Å². The zero-order chi connectivity index (χ0) is 17.4. The van der Waals surface area contributed by atoms with Crippen LogP contribution in [0.4, 0.5) is 0 Å². The Morgan fingerprint density at radius 2 is 2.04 bits per heavy atom. The Hall–Kier alpha value is -1.09. The highest BCUT2D eigenvalue weighted by atomic mass is 16.4. The molecule has 130 valence electrons. The average molecular weight is 320 g/mol. The van der Waals surface area contributed by atoms with Gasteiger partial charge in [-0.15, -0.1) is 0 Å². The molecule has 2 aliphatic carbocycles. The second-order valence-corrected chi connectivity index (χ2v) is 8.54. The van der Waals surface area contributed by atoms with Crippen LogP contribution in [0.1, 0.15) is 66.7 Å². The highest BCUT2D eigenvalue weighted by Crippen LogP contribution is 2.60. The highest BCUT2D eigenvalue weighted by Gasteiger charge is 2.54. The summed E-state index contributed by atoms with van der Waals surface area (Å²) in [5.74, 6) is 0.103. The summed E-state index contributed by atoms with van der Waals surface area (Å²) in [6.45, 7) is 10.9. The van der Waals surface area contributed by atoms with Crippen LogP contribution in [0.25, 0.3) is 0 Å². The first-order valence-corrected chi connectivity index (χ1v) is 8.84. The summed E-state index contributed by atoms with van der Waals surface area (Å²) >= 11 is 0. The summed E-state index contributed by atoms with van der Waals surface area (Å²) in [5, 5.41) is 19.4. The standard InChI is InChI=1S/C20H32O3/c1-13(12-18(22)23)6-8-15-14(2)7-9-16-19(3,4)17(21)10-11-20(15,16)5/h7,12,15-17,21H,6,8-11H2,1-5H3,(H,22,23)/b13-12+/t15-,16-,17+,20+/m0/s1. The Morgan fingerprint density at radius 3 is 2.65 bits per heavy atom. The van der Waals surface area contributed by atoms with Crippen molar-refractivity contribution in [3.8, 4) is 0 Å². The van der Waals surface area contributed by atoms with Crippen molar-refractivity contribution in [2.24, 2.45) is 22.7 Å². The number of carboxylic acid groups (broad SMARTS) is 1. The number of aliphatic hydroxyl groups excluding tert-OH is 1. The molecular weight excluding hydrogens is 288 g/mol. The molecule has 3 nitrogen and oxygen atoms in total. The normalized spacial score (nSPS) is 37.0. The second-order valence-electron chi connectivity index (χ2n) is 8.54. The molecule has 2 rings (SSSR count). The number of rotatable bonds is 4. The maximum Gasteiger partial charge on any atom is 0.328 e. The molecule has 0 aromatic rings. The van der Waals surface area contributed by atoms with Crippen molar-refractivity contribution >= 4 is 5.97 Å². The number of aliphatic hydroxyl groups is 1. The summed E-state index contributed by atoms with van der Waals surface area (Å²) < 4.78 is 0. The van der Waals surface area contributed by atoms with E-state index in [4.69, 9.17) is 5.11 Å². The average Bonchev–Trinajstić information content (AvgIpc) is 2.42. The molecule has 0 radical (unpaired) electrons. The molecule has 0 aromatic heterocycles. The lowest BCUT2D eigenvalue weighted by Gasteiger charge is -2.58. The predicted octanol–water partition coefficient (Wildman–Crippen LogP) is 4.57. The van der Waals surface area contributed by atoms with Crippen LogP contribution in [0.3, 0.4) is 0 Å². The zero-order valence-corrected chi connectivity index (χ0v) is 15.2. The SMILES string of the molecule is CC1=CC[C@H]2C(C)(C)[C@H](O)CC[C@]2(C)[C@H]1CC/C(C)=C/C(=O)O. The number of carboxylic acids is 1. The largest absolute Gasteiger partial charge is 0.478 e. The van der Waals surface area contributed by atoms with Crippen molar-refractivity contribution in [3.05, 3.63) is 23.3 Å². The van der Waals surface area contributed by atoms with E-state index < -0.39 is 5.97 Å². The number of hydrogen-bond acceptors (Lipinski definition) is 2. The van der Waals surface area contributed by atoms with Crippen molar-refractivity contribution in [1.29, 1.82) is 0 Å². The lowest BCUT2D eigenvalue weighted by Crippen LogP contribution is -2.54. The molecule has 0 bridgehead atoms. The summed E-state index contributed by atoms with van der Waals surface area (Å²) in [5.41, 5.74) is 2.52. The first kappa shape index (κ1) is 18.3. The van der Waals surface area contributed by atoms with Crippen molar-refractivity contribution < 1.29 is 15.0 Å². The third-order valence-electron chi connectivity index (χ3n) is 6.73. The maximum absolute atomic E-state index is 10.8. The minimum absolute atomic E-state index is 0.0611. The number of fused-ring (bicyclic) bond motifs is 1. The van der Waals surface area contributed by atoms with Gasteiger partial charge in [0.05, 0.1) is 6.10 Å². The molecule has 1 saturated carbocycles. The number of aliphatic carboxylic acids is 1. The van der Waals surface area contributed by atoms with E-state index in [-0.39, 0.29) is 16.9 Å². The Bertz CT molecular complexity index is 529. The fourth-order valence-corrected chi connectivity index (χ4v) is 5.24. The highest BCUT2D eigenvalue weighted by molar-refractivity contribution is 5.80. The summed E-state index contributed by atoms with van der Waals surface area (Å²) in [7, 11) is 0. The first-order valence-electron chi connectivity index (χ1n) is 8.84. The second kappa shape index (κ2) is 6.43. The molecule has 0 heterocycles. The van der Waals surface area contributed by atoms with Gasteiger partial charge < -0.3 is 10.2 Å². The number of carbonyl (C=O) groups is 1. The third-order valence-corrected chi connectivity index (χ3v) is 6.73. The van der Waals surface area contributed by atoms with Gasteiger partial charge in [-0.1, -0.05) is 38.0 Å². The van der Waals surface area contributed by atoms with Crippen molar-refractivity contribution in [1.82, 2.24) is 0 Å². The molecule has 0 aliphatic heterocycles. The smallest absolute Gasteiger partial charge is 0.328 e. The van der Waals surface area contributed by atoms with Crippen LogP contribution in [-0.2, 0) is 4.79 Å². The molecule has 2 N–H and O–H groups in total. The molecular formula is C20H32O3. The fourth-order valence-electron chi connectivity index (χ4n) is 5.24. The van der Waals surface area contributed by atoms with Crippen molar-refractivity contribution in [2.75, 3.05) is 0 Å². The van der Waals surface area contributed by atoms with Gasteiger partial charge >= 0.3 is 5.97 Å². The van der Waals surface area contributed by atoms with Gasteiger partial charge in [-0.25, -0.2) is 4.79 Å². The van der Waals surface area contributed by atoms with Gasteiger partial charge in [0.25, 0.3) is 0 Å². The first-order chi connectivity index (χ1) is 10.6. The minimum Gasteiger partial charge on any atom is -0.478 e. The fraction of sp³-hybridized carbons (Fsp3) is 0.750. The van der Waals surface area contributed by atoms with E-state index in [1.807, 2.05) is 6.92 Å². The lowest BCUT2D eigenvalue weighted by molar-refractivity contribution is -0.131. The number of hydrogen-bond donors (Lipinski definition) is 2. The zero-order valence-electron chi connectivity index (χ0n) is 15.2. The van der Waals surface area contributed by atoms with Crippen LogP contribution in [0.2, 0.25) is 0 Å². The van der Waals surface area contributed by atoms with E-state index in [0.717, 1.165) is 37.7 Å². The molecule has 4 atom stereocenters. The molecule has 0 unspecified atom stereocenters. The van der Waals surface area contributed by atoms with Crippen LogP contribution in [0.15, 0.2) is 23.3 Å². The van der Waals surface area contributed by atoms with E-state index in [2.05, 4.69) is 33.8 Å². The van der Waals surface area contributed by atoms with E-state index in [1.165, 1.54) is 11.6 Å². The van der Waals surface area contributed by atoms with Crippen LogP contribution in [-0.4, -0.2) is 22.3 Å². The Labute approximate surface area is 140 Å². The summed E-state index contributed by atoms with van der Waals surface area (Å²) in [4.78, 5) is 10.8. The lowest BCUT2D eigenvalue weighted by atomic mass is 9.47. The van der Waals surface area contributed by atoms with Crippen molar-refractivity contribution in [2.45, 2.75) is 72.8 Å². The Kier molecular flexibility index (Phi) is 5.10. The van der Waals surface area contributed by atoms with Gasteiger partial charge in [-0.05, 0) is 68.6 Å². The topological polar surface area (TPSA) is 57.5 Å². The Balaban J connectivity index is 2.23. The van der Waals surface area contributed by atoms with Crippen LogP contribution in [0, 0.1) is 22.7 Å². The van der Waals surface area contributed by atoms with Crippen LogP contribution < -0.4 is 0 Å². The number of allylic oxidation sites excluding steroid dienone is 3. The molecule has 1 fully saturated rings. The van der Waals surface area contributed by atoms with Gasteiger partial charge in [-0.3, -0.25) is 0 Å². The molecule has 3 heteroatoms. The van der Waals surface area contributed by atoms with Gasteiger partial charge in [0.15, 0.2) is 0 Å². The van der Waals surface area contributed by atoms with E-state index in [9.17, 15) is 9.90 Å². The van der Waals surface area contributed by atoms with Gasteiger partial charge in [-0.2, -0.15) is 0 Å². The van der Waals surface area contributed by atoms with Gasteiger partial charge in [0.1, 0.15) is 0 Å². The summed E-state index contributed by atoms with van der Waals surface area (Å²) in [6, 6.07) is 0. The van der Waals surface area contributed by atoms with Crippen LogP contribution >= 0.6 is 0 Å². The van der Waals surface area contributed by atoms with Crippen LogP contribution in [0.5, 0.6) is 0 Å². The molecule has 23 heavy (non-hydrogen) atoms. The molecule has 0 amide bonds. The molecule has 2 aliphatic rings. The molecule has 0 spiro atoms. The molecule has 0 saturated heterocycles. The summed E-state index contributed by atoms with van der Waals surface area (Å²) in [6.07, 6.45) is 8.26. The minimum atomic E-state index is -0.857. The predicted molar refractivity (Wildman–Crippen MR) is 93.1 cm³/mol. The van der Waals surface area contributed by atoms with E-state index in [0.29, 0.717) is 11.8 Å². The Morgan fingerprint density at radius 1 is 1.39 bits per heavy atom.